The molecule has 0 unspecified atom stereocenters. The molecule has 1 aliphatic carbocycles. The van der Waals surface area contributed by atoms with Crippen LogP contribution >= 0.6 is 0 Å². The van der Waals surface area contributed by atoms with Crippen molar-refractivity contribution >= 4 is 22.7 Å². The third kappa shape index (κ3) is 3.05. The second kappa shape index (κ2) is 5.95. The van der Waals surface area contributed by atoms with Crippen LogP contribution in [0, 0.1) is 0 Å². The summed E-state index contributed by atoms with van der Waals surface area (Å²) >= 11 is 0. The van der Waals surface area contributed by atoms with Gasteiger partial charge in [-0.2, -0.15) is 0 Å². The van der Waals surface area contributed by atoms with E-state index < -0.39 is 5.97 Å². The Morgan fingerprint density at radius 3 is 2.95 bits per heavy atom. The summed E-state index contributed by atoms with van der Waals surface area (Å²) in [7, 11) is 0. The Hall–Kier alpha value is -2.36. The first-order valence-electron chi connectivity index (χ1n) is 7.29. The number of carbonyl (C=O) groups is 1. The van der Waals surface area contributed by atoms with Crippen molar-refractivity contribution in [2.75, 3.05) is 11.9 Å². The minimum absolute atomic E-state index is 0.231. The maximum Gasteiger partial charge on any atom is 0.339 e. The van der Waals surface area contributed by atoms with Crippen LogP contribution in [0.1, 0.15) is 36.0 Å². The van der Waals surface area contributed by atoms with Crippen LogP contribution in [0.25, 0.3) is 10.9 Å². The summed E-state index contributed by atoms with van der Waals surface area (Å²) in [5, 5.41) is 13.4. The average molecular weight is 282 g/mol. The summed E-state index contributed by atoms with van der Waals surface area (Å²) in [4.78, 5) is 15.8. The quantitative estimate of drug-likeness (QED) is 0.818. The number of carboxylic acid groups (broad SMARTS) is 1. The number of benzene rings is 1. The lowest BCUT2D eigenvalue weighted by molar-refractivity contribution is 0.0698. The van der Waals surface area contributed by atoms with E-state index in [0.29, 0.717) is 5.82 Å². The summed E-state index contributed by atoms with van der Waals surface area (Å²) in [6, 6.07) is 9.24. The molecule has 0 bridgehead atoms. The summed E-state index contributed by atoms with van der Waals surface area (Å²) in [6.45, 7) is 0.720. The number of carboxylic acids is 1. The Bertz CT molecular complexity index is 707. The molecule has 1 aromatic heterocycles. The molecule has 0 radical (unpaired) electrons. The van der Waals surface area contributed by atoms with E-state index in [1.807, 2.05) is 24.3 Å². The molecule has 0 saturated heterocycles. The highest BCUT2D eigenvalue weighted by Gasteiger charge is 2.13. The van der Waals surface area contributed by atoms with E-state index in [1.165, 1.54) is 24.8 Å². The zero-order chi connectivity index (χ0) is 14.7. The summed E-state index contributed by atoms with van der Waals surface area (Å²) in [5.41, 5.74) is 2.50. The number of fused-ring (bicyclic) bond motifs is 1. The zero-order valence-electron chi connectivity index (χ0n) is 11.8. The maximum atomic E-state index is 11.4. The molecule has 3 rings (SSSR count). The van der Waals surface area contributed by atoms with Gasteiger partial charge in [-0.25, -0.2) is 9.78 Å². The highest BCUT2D eigenvalue weighted by atomic mass is 16.4. The third-order valence-corrected chi connectivity index (χ3v) is 3.83. The van der Waals surface area contributed by atoms with Gasteiger partial charge in [0.25, 0.3) is 0 Å². The van der Waals surface area contributed by atoms with Crippen LogP contribution in [-0.2, 0) is 0 Å². The number of nitrogens with zero attached hydrogens (tertiary/aromatic N) is 1. The van der Waals surface area contributed by atoms with E-state index in [-0.39, 0.29) is 5.56 Å². The summed E-state index contributed by atoms with van der Waals surface area (Å²) in [6.07, 6.45) is 6.81. The Morgan fingerprint density at radius 1 is 1.33 bits per heavy atom. The SMILES string of the molecule is O=C(O)c1cc2ccccc2nc1NCCC1=CCCC1. The van der Waals surface area contributed by atoms with Gasteiger partial charge >= 0.3 is 5.97 Å². The van der Waals surface area contributed by atoms with Gasteiger partial charge in [-0.15, -0.1) is 0 Å². The predicted molar refractivity (Wildman–Crippen MR) is 83.7 cm³/mol. The lowest BCUT2D eigenvalue weighted by Crippen LogP contribution is -2.10. The third-order valence-electron chi connectivity index (χ3n) is 3.83. The lowest BCUT2D eigenvalue weighted by atomic mass is 10.1. The van der Waals surface area contributed by atoms with Crippen LogP contribution in [0.2, 0.25) is 0 Å². The molecule has 1 aliphatic rings. The highest BCUT2D eigenvalue weighted by molar-refractivity contribution is 5.98. The molecule has 0 spiro atoms. The van der Waals surface area contributed by atoms with Crippen molar-refractivity contribution in [1.82, 2.24) is 4.98 Å². The van der Waals surface area contributed by atoms with Gasteiger partial charge in [0, 0.05) is 11.9 Å². The molecular weight excluding hydrogens is 264 g/mol. The molecule has 4 nitrogen and oxygen atoms in total. The first-order valence-corrected chi connectivity index (χ1v) is 7.29. The number of hydrogen-bond acceptors (Lipinski definition) is 3. The summed E-state index contributed by atoms with van der Waals surface area (Å²) < 4.78 is 0. The Labute approximate surface area is 123 Å². The number of anilines is 1. The molecule has 108 valence electrons. The largest absolute Gasteiger partial charge is 0.478 e. The molecule has 2 aromatic rings. The van der Waals surface area contributed by atoms with Crippen molar-refractivity contribution < 1.29 is 9.90 Å². The summed E-state index contributed by atoms with van der Waals surface area (Å²) in [5.74, 6) is -0.490. The van der Waals surface area contributed by atoms with E-state index in [9.17, 15) is 9.90 Å². The van der Waals surface area contributed by atoms with Gasteiger partial charge in [-0.05, 0) is 37.8 Å². The van der Waals surface area contributed by atoms with E-state index in [2.05, 4.69) is 16.4 Å². The Kier molecular flexibility index (Phi) is 3.86. The number of allylic oxidation sites excluding steroid dienone is 1. The van der Waals surface area contributed by atoms with Gasteiger partial charge in [0.2, 0.25) is 0 Å². The molecule has 21 heavy (non-hydrogen) atoms. The monoisotopic (exact) mass is 282 g/mol. The molecule has 2 N–H and O–H groups in total. The molecule has 1 aromatic carbocycles. The maximum absolute atomic E-state index is 11.4. The number of nitrogens with one attached hydrogen (secondary N) is 1. The van der Waals surface area contributed by atoms with Gasteiger partial charge in [0.1, 0.15) is 11.4 Å². The van der Waals surface area contributed by atoms with E-state index >= 15 is 0 Å². The van der Waals surface area contributed by atoms with Crippen LogP contribution in [0.4, 0.5) is 5.82 Å². The molecule has 0 saturated carbocycles. The number of aromatic carboxylic acids is 1. The fourth-order valence-corrected chi connectivity index (χ4v) is 2.72. The van der Waals surface area contributed by atoms with Gasteiger partial charge < -0.3 is 10.4 Å². The normalized spacial score (nSPS) is 14.2. The number of rotatable bonds is 5. The first-order chi connectivity index (χ1) is 10.2. The van der Waals surface area contributed by atoms with Crippen molar-refractivity contribution in [3.63, 3.8) is 0 Å². The van der Waals surface area contributed by atoms with Crippen molar-refractivity contribution in [3.8, 4) is 0 Å². The van der Waals surface area contributed by atoms with Crippen LogP contribution in [0.5, 0.6) is 0 Å². The minimum Gasteiger partial charge on any atom is -0.478 e. The first kappa shape index (κ1) is 13.6. The van der Waals surface area contributed by atoms with Gasteiger partial charge in [-0.3, -0.25) is 0 Å². The highest BCUT2D eigenvalue weighted by Crippen LogP contribution is 2.23. The molecule has 1 heterocycles. The number of aromatic nitrogens is 1. The molecule has 0 amide bonds. The van der Waals surface area contributed by atoms with Crippen molar-refractivity contribution in [3.05, 3.63) is 47.5 Å². The second-order valence-electron chi connectivity index (χ2n) is 5.31. The Morgan fingerprint density at radius 2 is 2.19 bits per heavy atom. The van der Waals surface area contributed by atoms with Crippen molar-refractivity contribution in [1.29, 1.82) is 0 Å². The topological polar surface area (TPSA) is 62.2 Å². The van der Waals surface area contributed by atoms with E-state index in [4.69, 9.17) is 0 Å². The molecule has 4 heteroatoms. The second-order valence-corrected chi connectivity index (χ2v) is 5.31. The van der Waals surface area contributed by atoms with Gasteiger partial charge in [0.05, 0.1) is 5.52 Å². The van der Waals surface area contributed by atoms with Gasteiger partial charge in [0.15, 0.2) is 0 Å². The van der Waals surface area contributed by atoms with Crippen LogP contribution in [0.15, 0.2) is 42.0 Å². The molecule has 0 aliphatic heterocycles. The Balaban J connectivity index is 1.81. The fourth-order valence-electron chi connectivity index (χ4n) is 2.72. The van der Waals surface area contributed by atoms with Crippen LogP contribution < -0.4 is 5.32 Å². The van der Waals surface area contributed by atoms with Crippen molar-refractivity contribution in [2.45, 2.75) is 25.7 Å². The predicted octanol–water partition coefficient (Wildman–Crippen LogP) is 3.85. The smallest absolute Gasteiger partial charge is 0.339 e. The standard InChI is InChI=1S/C17H18N2O2/c20-17(21)14-11-13-7-3-4-8-15(13)19-16(14)18-10-9-12-5-1-2-6-12/h3-5,7-8,11H,1-2,6,9-10H2,(H,18,19)(H,20,21). The average Bonchev–Trinajstić information content (AvgIpc) is 2.99. The molecular formula is C17H18N2O2. The number of pyridine rings is 1. The van der Waals surface area contributed by atoms with Crippen LogP contribution in [-0.4, -0.2) is 22.6 Å². The molecule has 0 atom stereocenters. The molecule has 0 fully saturated rings. The van der Waals surface area contributed by atoms with Gasteiger partial charge in [-0.1, -0.05) is 29.8 Å². The fraction of sp³-hybridized carbons (Fsp3) is 0.294. The number of para-hydroxylation sites is 1. The minimum atomic E-state index is -0.948. The number of hydrogen-bond donors (Lipinski definition) is 2. The lowest BCUT2D eigenvalue weighted by Gasteiger charge is -2.10. The van der Waals surface area contributed by atoms with Crippen LogP contribution in [0.3, 0.4) is 0 Å². The zero-order valence-corrected chi connectivity index (χ0v) is 11.8. The van der Waals surface area contributed by atoms with E-state index in [1.54, 1.807) is 6.07 Å². The van der Waals surface area contributed by atoms with Crippen molar-refractivity contribution in [2.24, 2.45) is 0 Å². The van der Waals surface area contributed by atoms with E-state index in [0.717, 1.165) is 23.9 Å².